The van der Waals surface area contributed by atoms with Gasteiger partial charge in [0.1, 0.15) is 5.01 Å². The summed E-state index contributed by atoms with van der Waals surface area (Å²) in [5, 5.41) is 3.31. The van der Waals surface area contributed by atoms with Gasteiger partial charge in [-0.25, -0.2) is 4.98 Å². The molecule has 140 valence electrons. The molecule has 1 saturated heterocycles. The molecule has 0 radical (unpaired) electrons. The number of amides is 1. The Bertz CT molecular complexity index is 691. The van der Waals surface area contributed by atoms with Crippen LogP contribution < -0.4 is 0 Å². The molecular formula is C20H28N4OS. The van der Waals surface area contributed by atoms with Crippen LogP contribution in [0, 0.1) is 0 Å². The van der Waals surface area contributed by atoms with Crippen LogP contribution >= 0.6 is 11.3 Å². The lowest BCUT2D eigenvalue weighted by Gasteiger charge is -2.34. The van der Waals surface area contributed by atoms with E-state index in [0.29, 0.717) is 6.54 Å². The lowest BCUT2D eigenvalue weighted by atomic mass is 10.2. The van der Waals surface area contributed by atoms with Crippen molar-refractivity contribution in [3.63, 3.8) is 0 Å². The first-order valence-electron chi connectivity index (χ1n) is 9.42. The van der Waals surface area contributed by atoms with Crippen LogP contribution in [0.2, 0.25) is 0 Å². The number of carbonyl (C=O) groups excluding carboxylic acids is 1. The first-order chi connectivity index (χ1) is 12.7. The Kier molecular flexibility index (Phi) is 6.77. The number of thiazole rings is 1. The standard InChI is InChI=1S/C20H28N4OS/c1-3-24(4-2)20(25)15-23-12-10-22(11-13-23)14-19-21-18(16-26-19)17-8-6-5-7-9-17/h5-9,16H,3-4,10-15H2,1-2H3. The van der Waals surface area contributed by atoms with Gasteiger partial charge in [0.15, 0.2) is 0 Å². The highest BCUT2D eigenvalue weighted by Gasteiger charge is 2.21. The van der Waals surface area contributed by atoms with Crippen molar-refractivity contribution in [1.82, 2.24) is 19.7 Å². The molecule has 0 spiro atoms. The first-order valence-corrected chi connectivity index (χ1v) is 10.3. The minimum Gasteiger partial charge on any atom is -0.342 e. The third-order valence-corrected chi connectivity index (χ3v) is 5.75. The number of carbonyl (C=O) groups is 1. The number of rotatable bonds is 7. The van der Waals surface area contributed by atoms with Crippen LogP contribution in [0.5, 0.6) is 0 Å². The molecule has 5 nitrogen and oxygen atoms in total. The summed E-state index contributed by atoms with van der Waals surface area (Å²) in [5.41, 5.74) is 2.24. The van der Waals surface area contributed by atoms with E-state index in [-0.39, 0.29) is 5.91 Å². The summed E-state index contributed by atoms with van der Waals surface area (Å²) in [6.45, 7) is 11.0. The largest absolute Gasteiger partial charge is 0.342 e. The fourth-order valence-electron chi connectivity index (χ4n) is 3.29. The van der Waals surface area contributed by atoms with Gasteiger partial charge >= 0.3 is 0 Å². The Hall–Kier alpha value is -1.76. The number of hydrogen-bond donors (Lipinski definition) is 0. The molecular weight excluding hydrogens is 344 g/mol. The monoisotopic (exact) mass is 372 g/mol. The number of aromatic nitrogens is 1. The highest BCUT2D eigenvalue weighted by molar-refractivity contribution is 7.09. The molecule has 0 N–H and O–H groups in total. The lowest BCUT2D eigenvalue weighted by molar-refractivity contribution is -0.132. The zero-order chi connectivity index (χ0) is 18.4. The van der Waals surface area contributed by atoms with E-state index >= 15 is 0 Å². The van der Waals surface area contributed by atoms with E-state index in [2.05, 4.69) is 27.3 Å². The van der Waals surface area contributed by atoms with Crippen molar-refractivity contribution in [2.24, 2.45) is 0 Å². The Labute approximate surface area is 160 Å². The number of hydrogen-bond acceptors (Lipinski definition) is 5. The predicted octanol–water partition coefficient (Wildman–Crippen LogP) is 2.80. The fraction of sp³-hybridized carbons (Fsp3) is 0.500. The zero-order valence-corrected chi connectivity index (χ0v) is 16.5. The molecule has 1 aromatic heterocycles. The van der Waals surface area contributed by atoms with Crippen molar-refractivity contribution >= 4 is 17.2 Å². The summed E-state index contributed by atoms with van der Waals surface area (Å²) in [4.78, 5) is 23.7. The highest BCUT2D eigenvalue weighted by Crippen LogP contribution is 2.22. The van der Waals surface area contributed by atoms with Crippen molar-refractivity contribution in [3.8, 4) is 11.3 Å². The van der Waals surface area contributed by atoms with Gasteiger partial charge in [-0.15, -0.1) is 11.3 Å². The molecule has 0 atom stereocenters. The van der Waals surface area contributed by atoms with E-state index in [1.807, 2.05) is 36.9 Å². The molecule has 1 fully saturated rings. The summed E-state index contributed by atoms with van der Waals surface area (Å²) < 4.78 is 0. The van der Waals surface area contributed by atoms with Gasteiger partial charge in [-0.3, -0.25) is 14.6 Å². The third kappa shape index (κ3) is 4.90. The van der Waals surface area contributed by atoms with Gasteiger partial charge in [-0.1, -0.05) is 30.3 Å². The molecule has 3 rings (SSSR count). The molecule has 6 heteroatoms. The van der Waals surface area contributed by atoms with Crippen LogP contribution in [0.15, 0.2) is 35.7 Å². The normalized spacial score (nSPS) is 15.9. The van der Waals surface area contributed by atoms with Gasteiger partial charge in [0.25, 0.3) is 0 Å². The average Bonchev–Trinajstić information content (AvgIpc) is 3.14. The number of likely N-dealkylation sites (N-methyl/N-ethyl adjacent to an activating group) is 1. The zero-order valence-electron chi connectivity index (χ0n) is 15.7. The van der Waals surface area contributed by atoms with Crippen molar-refractivity contribution in [3.05, 3.63) is 40.7 Å². The lowest BCUT2D eigenvalue weighted by Crippen LogP contribution is -2.49. The Morgan fingerprint density at radius 2 is 1.73 bits per heavy atom. The first kappa shape index (κ1) is 19.0. The van der Waals surface area contributed by atoms with E-state index in [1.165, 1.54) is 5.56 Å². The molecule has 1 aromatic carbocycles. The van der Waals surface area contributed by atoms with Crippen LogP contribution in [0.3, 0.4) is 0 Å². The second-order valence-corrected chi connectivity index (χ2v) is 7.55. The van der Waals surface area contributed by atoms with E-state index < -0.39 is 0 Å². The molecule has 0 saturated carbocycles. The fourth-order valence-corrected chi connectivity index (χ4v) is 4.13. The maximum atomic E-state index is 12.2. The van der Waals surface area contributed by atoms with E-state index in [9.17, 15) is 4.79 Å². The summed E-state index contributed by atoms with van der Waals surface area (Å²) in [6, 6.07) is 10.3. The van der Waals surface area contributed by atoms with E-state index in [4.69, 9.17) is 4.98 Å². The van der Waals surface area contributed by atoms with E-state index in [0.717, 1.165) is 56.5 Å². The van der Waals surface area contributed by atoms with Crippen molar-refractivity contribution < 1.29 is 4.79 Å². The molecule has 1 aliphatic rings. The van der Waals surface area contributed by atoms with Crippen molar-refractivity contribution in [2.75, 3.05) is 45.8 Å². The Morgan fingerprint density at radius 3 is 2.38 bits per heavy atom. The molecule has 0 aliphatic carbocycles. The van der Waals surface area contributed by atoms with Crippen LogP contribution in [-0.4, -0.2) is 71.4 Å². The maximum Gasteiger partial charge on any atom is 0.236 e. The van der Waals surface area contributed by atoms with Crippen LogP contribution in [-0.2, 0) is 11.3 Å². The van der Waals surface area contributed by atoms with Crippen LogP contribution in [0.4, 0.5) is 0 Å². The number of piperazine rings is 1. The minimum absolute atomic E-state index is 0.246. The molecule has 1 aliphatic heterocycles. The molecule has 2 heterocycles. The Balaban J connectivity index is 1.47. The van der Waals surface area contributed by atoms with Gasteiger partial charge in [0.2, 0.25) is 5.91 Å². The maximum absolute atomic E-state index is 12.2. The van der Waals surface area contributed by atoms with Crippen molar-refractivity contribution in [1.29, 1.82) is 0 Å². The topological polar surface area (TPSA) is 39.7 Å². The molecule has 2 aromatic rings. The summed E-state index contributed by atoms with van der Waals surface area (Å²) in [6.07, 6.45) is 0. The van der Waals surface area contributed by atoms with Crippen LogP contribution in [0.25, 0.3) is 11.3 Å². The predicted molar refractivity (Wildman–Crippen MR) is 107 cm³/mol. The molecule has 1 amide bonds. The smallest absolute Gasteiger partial charge is 0.236 e. The number of benzene rings is 1. The van der Waals surface area contributed by atoms with Gasteiger partial charge in [-0.2, -0.15) is 0 Å². The van der Waals surface area contributed by atoms with Crippen LogP contribution in [0.1, 0.15) is 18.9 Å². The minimum atomic E-state index is 0.246. The SMILES string of the molecule is CCN(CC)C(=O)CN1CCN(Cc2nc(-c3ccccc3)cs2)CC1. The second kappa shape index (κ2) is 9.26. The quantitative estimate of drug-likeness (QED) is 0.749. The average molecular weight is 373 g/mol. The highest BCUT2D eigenvalue weighted by atomic mass is 32.1. The third-order valence-electron chi connectivity index (χ3n) is 4.92. The number of nitrogens with zero attached hydrogens (tertiary/aromatic N) is 4. The summed E-state index contributed by atoms with van der Waals surface area (Å²) in [7, 11) is 0. The molecule has 0 bridgehead atoms. The summed E-state index contributed by atoms with van der Waals surface area (Å²) in [5.74, 6) is 0.246. The summed E-state index contributed by atoms with van der Waals surface area (Å²) >= 11 is 1.73. The Morgan fingerprint density at radius 1 is 1.08 bits per heavy atom. The molecule has 26 heavy (non-hydrogen) atoms. The van der Waals surface area contributed by atoms with Gasteiger partial charge < -0.3 is 4.90 Å². The van der Waals surface area contributed by atoms with Crippen molar-refractivity contribution in [2.45, 2.75) is 20.4 Å². The van der Waals surface area contributed by atoms with Gasteiger partial charge in [-0.05, 0) is 13.8 Å². The second-order valence-electron chi connectivity index (χ2n) is 6.61. The van der Waals surface area contributed by atoms with E-state index in [1.54, 1.807) is 11.3 Å². The van der Waals surface area contributed by atoms with Gasteiger partial charge in [0, 0.05) is 50.2 Å². The van der Waals surface area contributed by atoms with Gasteiger partial charge in [0.05, 0.1) is 18.8 Å². The molecule has 0 unspecified atom stereocenters.